The number of nitrogens with zero attached hydrogens (tertiary/aromatic N) is 1. The Bertz CT molecular complexity index is 1440. The molecule has 1 saturated carbocycles. The van der Waals surface area contributed by atoms with Crippen molar-refractivity contribution in [1.82, 2.24) is 4.72 Å². The Kier molecular flexibility index (Phi) is 8.45. The average molecular weight is 595 g/mol. The van der Waals surface area contributed by atoms with Crippen LogP contribution in [-0.4, -0.2) is 52.6 Å². The summed E-state index contributed by atoms with van der Waals surface area (Å²) >= 11 is 6.26. The summed E-state index contributed by atoms with van der Waals surface area (Å²) in [5.41, 5.74) is 3.06. The lowest BCUT2D eigenvalue weighted by atomic mass is 9.84. The summed E-state index contributed by atoms with van der Waals surface area (Å²) in [5.74, 6) is -0.283. The van der Waals surface area contributed by atoms with E-state index < -0.39 is 31.0 Å². The van der Waals surface area contributed by atoms with Crippen molar-refractivity contribution in [2.24, 2.45) is 5.92 Å². The van der Waals surface area contributed by atoms with Gasteiger partial charge in [-0.25, -0.2) is 21.6 Å². The van der Waals surface area contributed by atoms with E-state index in [1.165, 1.54) is 0 Å². The lowest BCUT2D eigenvalue weighted by Gasteiger charge is -2.40. The van der Waals surface area contributed by atoms with Crippen molar-refractivity contribution >= 4 is 43.1 Å². The van der Waals surface area contributed by atoms with Crippen molar-refractivity contribution in [2.45, 2.75) is 63.2 Å². The number of hydrogen-bond donors (Lipinski definition) is 1. The summed E-state index contributed by atoms with van der Waals surface area (Å²) in [5, 5.41) is 0.284. The van der Waals surface area contributed by atoms with Gasteiger partial charge < -0.3 is 9.64 Å². The molecule has 11 heteroatoms. The summed E-state index contributed by atoms with van der Waals surface area (Å²) in [7, 11) is -7.13. The highest BCUT2D eigenvalue weighted by atomic mass is 35.5. The van der Waals surface area contributed by atoms with E-state index in [0.29, 0.717) is 61.8 Å². The van der Waals surface area contributed by atoms with Crippen molar-refractivity contribution < 1.29 is 26.4 Å². The molecule has 2 heterocycles. The molecular weight excluding hydrogens is 560 g/mol. The van der Waals surface area contributed by atoms with Gasteiger partial charge in [-0.3, -0.25) is 4.79 Å². The van der Waals surface area contributed by atoms with Crippen LogP contribution in [-0.2, 0) is 32.9 Å². The molecule has 1 N–H and O–H groups in total. The number of carbonyl (C=O) groups is 1. The van der Waals surface area contributed by atoms with E-state index >= 15 is 0 Å². The standard InChI is InChI=1S/C28H35ClN2O6S2/c29-24-10-7-23-19-37-26-11-8-21-17-25(26)31(13-3-2-6-20(23)16-24)18-22-9-12-27(22)38(33,34)14-4-1-5-15-39(35,36)30-28(21)32/h7-8,10-11,16-17,22,27H,1-6,9,12-15,18-19H2,(H,30,32)/t22-,27-/m0/s1. The number of amides is 1. The van der Waals surface area contributed by atoms with Crippen LogP contribution in [0.4, 0.5) is 5.69 Å². The molecule has 212 valence electrons. The van der Waals surface area contributed by atoms with E-state index in [0.717, 1.165) is 36.8 Å². The number of halogens is 1. The Morgan fingerprint density at radius 1 is 0.897 bits per heavy atom. The molecule has 3 aliphatic rings. The van der Waals surface area contributed by atoms with Gasteiger partial charge in [0, 0.05) is 23.7 Å². The second-order valence-corrected chi connectivity index (χ2v) is 15.5. The van der Waals surface area contributed by atoms with Crippen LogP contribution in [0, 0.1) is 5.92 Å². The van der Waals surface area contributed by atoms with Crippen LogP contribution in [0.2, 0.25) is 5.02 Å². The lowest BCUT2D eigenvalue weighted by Crippen LogP contribution is -2.46. The summed E-state index contributed by atoms with van der Waals surface area (Å²) in [4.78, 5) is 15.1. The van der Waals surface area contributed by atoms with Gasteiger partial charge in [0.25, 0.3) is 5.91 Å². The van der Waals surface area contributed by atoms with Gasteiger partial charge >= 0.3 is 0 Å². The second kappa shape index (κ2) is 11.7. The van der Waals surface area contributed by atoms with Crippen LogP contribution in [0.3, 0.4) is 0 Å². The third-order valence-corrected chi connectivity index (χ3v) is 12.0. The minimum atomic E-state index is -3.85. The van der Waals surface area contributed by atoms with Crippen molar-refractivity contribution in [1.29, 1.82) is 0 Å². The van der Waals surface area contributed by atoms with Crippen LogP contribution in [0.1, 0.15) is 66.4 Å². The quantitative estimate of drug-likeness (QED) is 0.478. The maximum atomic E-state index is 13.2. The van der Waals surface area contributed by atoms with Gasteiger partial charge in [0.2, 0.25) is 10.0 Å². The molecule has 1 amide bonds. The van der Waals surface area contributed by atoms with E-state index in [9.17, 15) is 21.6 Å². The first kappa shape index (κ1) is 28.2. The molecule has 2 aliphatic heterocycles. The van der Waals surface area contributed by atoms with E-state index in [-0.39, 0.29) is 23.0 Å². The molecule has 0 aromatic heterocycles. The molecule has 39 heavy (non-hydrogen) atoms. The molecule has 0 radical (unpaired) electrons. The molecule has 0 saturated heterocycles. The number of sulfonamides is 1. The van der Waals surface area contributed by atoms with Gasteiger partial charge in [-0.2, -0.15) is 0 Å². The fourth-order valence-corrected chi connectivity index (χ4v) is 9.25. The predicted molar refractivity (Wildman–Crippen MR) is 153 cm³/mol. The smallest absolute Gasteiger partial charge is 0.264 e. The fourth-order valence-electron chi connectivity index (χ4n) is 5.76. The number of anilines is 1. The van der Waals surface area contributed by atoms with Gasteiger partial charge in [-0.15, -0.1) is 0 Å². The minimum Gasteiger partial charge on any atom is -0.487 e. The molecule has 5 rings (SSSR count). The zero-order valence-corrected chi connectivity index (χ0v) is 24.3. The van der Waals surface area contributed by atoms with Crippen molar-refractivity contribution in [3.05, 3.63) is 58.1 Å². The summed E-state index contributed by atoms with van der Waals surface area (Å²) in [6, 6.07) is 10.7. The van der Waals surface area contributed by atoms with Crippen molar-refractivity contribution in [3.8, 4) is 5.75 Å². The minimum absolute atomic E-state index is 0.00486. The monoisotopic (exact) mass is 594 g/mol. The Balaban J connectivity index is 1.53. The number of carbonyl (C=O) groups excluding carboxylic acids is 1. The molecule has 8 nitrogen and oxygen atoms in total. The third-order valence-electron chi connectivity index (χ3n) is 8.09. The molecule has 2 bridgehead atoms. The fraction of sp³-hybridized carbons (Fsp3) is 0.536. The summed E-state index contributed by atoms with van der Waals surface area (Å²) < 4.78 is 60.0. The highest BCUT2D eigenvalue weighted by molar-refractivity contribution is 7.92. The van der Waals surface area contributed by atoms with Crippen LogP contribution < -0.4 is 14.4 Å². The van der Waals surface area contributed by atoms with Crippen molar-refractivity contribution in [2.75, 3.05) is 29.5 Å². The maximum Gasteiger partial charge on any atom is 0.264 e. The number of fused-ring (bicyclic) bond motifs is 3. The summed E-state index contributed by atoms with van der Waals surface area (Å²) in [6.45, 7) is 1.50. The Labute approximate surface area is 236 Å². The van der Waals surface area contributed by atoms with Crippen LogP contribution in [0.25, 0.3) is 0 Å². The number of hydrogen-bond acceptors (Lipinski definition) is 7. The summed E-state index contributed by atoms with van der Waals surface area (Å²) in [6.07, 6.45) is 5.27. The van der Waals surface area contributed by atoms with Gasteiger partial charge in [0.1, 0.15) is 12.4 Å². The molecule has 0 unspecified atom stereocenters. The topological polar surface area (TPSA) is 110 Å². The van der Waals surface area contributed by atoms with Gasteiger partial charge in [-0.05, 0) is 92.3 Å². The zero-order chi connectivity index (χ0) is 27.6. The first-order chi connectivity index (χ1) is 18.6. The Morgan fingerprint density at radius 2 is 1.72 bits per heavy atom. The van der Waals surface area contributed by atoms with Gasteiger partial charge in [0.15, 0.2) is 9.84 Å². The van der Waals surface area contributed by atoms with E-state index in [1.807, 2.05) is 18.2 Å². The molecule has 1 fully saturated rings. The SMILES string of the molecule is O=C1NS(=O)(=O)CCCCCS(=O)(=O)[C@H]2CC[C@H]2CN2CCCCc3cc(Cl)ccc3COc3ccc1cc32. The molecule has 1 aliphatic carbocycles. The number of benzene rings is 2. The molecule has 2 atom stereocenters. The third kappa shape index (κ3) is 6.72. The first-order valence-electron chi connectivity index (χ1n) is 13.7. The largest absolute Gasteiger partial charge is 0.487 e. The average Bonchev–Trinajstić information content (AvgIpc) is 2.88. The Morgan fingerprint density at radius 3 is 2.51 bits per heavy atom. The molecule has 2 aromatic carbocycles. The van der Waals surface area contributed by atoms with Crippen LogP contribution in [0.15, 0.2) is 36.4 Å². The Hall–Kier alpha value is -2.30. The zero-order valence-electron chi connectivity index (χ0n) is 21.9. The lowest BCUT2D eigenvalue weighted by molar-refractivity contribution is 0.0981. The van der Waals surface area contributed by atoms with Crippen LogP contribution >= 0.6 is 11.6 Å². The highest BCUT2D eigenvalue weighted by Crippen LogP contribution is 2.39. The number of aryl methyl sites for hydroxylation is 1. The molecular formula is C28H35ClN2O6S2. The first-order valence-corrected chi connectivity index (χ1v) is 17.4. The number of sulfone groups is 1. The van der Waals surface area contributed by atoms with E-state index in [4.69, 9.17) is 16.3 Å². The number of ether oxygens (including phenoxy) is 1. The highest BCUT2D eigenvalue weighted by Gasteiger charge is 2.41. The number of rotatable bonds is 0. The van der Waals surface area contributed by atoms with E-state index in [2.05, 4.69) is 9.62 Å². The predicted octanol–water partition coefficient (Wildman–Crippen LogP) is 4.50. The molecule has 0 spiro atoms. The molecule has 2 aromatic rings. The second-order valence-electron chi connectivity index (χ2n) is 10.8. The van der Waals surface area contributed by atoms with Gasteiger partial charge in [0.05, 0.1) is 22.4 Å². The normalized spacial score (nSPS) is 25.5. The van der Waals surface area contributed by atoms with E-state index in [1.54, 1.807) is 18.2 Å². The maximum absolute atomic E-state index is 13.2. The number of nitrogens with one attached hydrogen (secondary N) is 1. The van der Waals surface area contributed by atoms with Crippen LogP contribution in [0.5, 0.6) is 5.75 Å². The van der Waals surface area contributed by atoms with Crippen molar-refractivity contribution in [3.63, 3.8) is 0 Å². The van der Waals surface area contributed by atoms with Gasteiger partial charge in [-0.1, -0.05) is 24.1 Å².